The fourth-order valence-electron chi connectivity index (χ4n) is 4.01. The number of carbonyl (C=O) groups is 1. The molecule has 4 rings (SSSR count). The molecular weight excluding hydrogens is 376 g/mol. The molecule has 156 valence electrons. The lowest BCUT2D eigenvalue weighted by molar-refractivity contribution is 0.0740. The molecule has 0 bridgehead atoms. The van der Waals surface area contributed by atoms with Crippen LogP contribution in [0.5, 0.6) is 0 Å². The molecule has 3 aromatic rings. The van der Waals surface area contributed by atoms with E-state index in [1.807, 2.05) is 41.3 Å². The van der Waals surface area contributed by atoms with Crippen molar-refractivity contribution in [3.05, 3.63) is 70.6 Å². The quantitative estimate of drug-likeness (QED) is 0.590. The number of nitrogens with zero attached hydrogens (tertiary/aromatic N) is 4. The lowest BCUT2D eigenvalue weighted by Gasteiger charge is -2.36. The molecule has 30 heavy (non-hydrogen) atoms. The molecule has 0 unspecified atom stereocenters. The van der Waals surface area contributed by atoms with Gasteiger partial charge >= 0.3 is 0 Å². The number of aromatic nitrogens is 2. The number of rotatable bonds is 6. The van der Waals surface area contributed by atoms with Crippen LogP contribution < -0.4 is 10.5 Å². The number of hydrogen-bond donors (Lipinski definition) is 0. The number of aryl methyl sites for hydroxylation is 1. The van der Waals surface area contributed by atoms with Crippen molar-refractivity contribution in [1.82, 2.24) is 14.7 Å². The molecule has 1 amide bonds. The minimum absolute atomic E-state index is 0.0943. The van der Waals surface area contributed by atoms with Gasteiger partial charge in [-0.05, 0) is 24.6 Å². The van der Waals surface area contributed by atoms with Crippen molar-refractivity contribution in [2.75, 3.05) is 31.1 Å². The Morgan fingerprint density at radius 1 is 0.900 bits per heavy atom. The van der Waals surface area contributed by atoms with Gasteiger partial charge in [-0.25, -0.2) is 4.68 Å². The normalized spacial score (nSPS) is 14.3. The highest BCUT2D eigenvalue weighted by Gasteiger charge is 2.25. The molecule has 2 aromatic carbocycles. The maximum atomic E-state index is 13.4. The Kier molecular flexibility index (Phi) is 6.12. The third-order valence-electron chi connectivity index (χ3n) is 5.73. The maximum absolute atomic E-state index is 13.4. The predicted octanol–water partition coefficient (Wildman–Crippen LogP) is 3.55. The van der Waals surface area contributed by atoms with E-state index in [4.69, 9.17) is 0 Å². The predicted molar refractivity (Wildman–Crippen MR) is 120 cm³/mol. The summed E-state index contributed by atoms with van der Waals surface area (Å²) in [6.07, 6.45) is 2.98. The highest BCUT2D eigenvalue weighted by atomic mass is 16.2. The van der Waals surface area contributed by atoms with Crippen molar-refractivity contribution in [1.29, 1.82) is 0 Å². The van der Waals surface area contributed by atoms with Crippen molar-refractivity contribution in [2.24, 2.45) is 0 Å². The zero-order valence-corrected chi connectivity index (χ0v) is 17.5. The topological polar surface area (TPSA) is 58.4 Å². The number of fused-ring (bicyclic) bond motifs is 1. The highest BCUT2D eigenvalue weighted by Crippen LogP contribution is 2.19. The fraction of sp³-hybridized carbons (Fsp3) is 0.375. The average Bonchev–Trinajstić information content (AvgIpc) is 2.81. The number of benzene rings is 2. The van der Waals surface area contributed by atoms with Crippen LogP contribution in [0.2, 0.25) is 0 Å². The van der Waals surface area contributed by atoms with E-state index in [9.17, 15) is 9.59 Å². The largest absolute Gasteiger partial charge is 0.368 e. The Morgan fingerprint density at radius 2 is 1.57 bits per heavy atom. The molecule has 6 nitrogen and oxygen atoms in total. The molecule has 1 aliphatic rings. The summed E-state index contributed by atoms with van der Waals surface area (Å²) in [4.78, 5) is 30.4. The standard InChI is InChI=1S/C24H28N4O2/c1-2-3-9-14-28-23(29)21-13-8-7-12-20(21)22(25-28)24(30)27-17-15-26(16-18-27)19-10-5-4-6-11-19/h4-8,10-13H,2-3,9,14-18H2,1H3. The Morgan fingerprint density at radius 3 is 2.27 bits per heavy atom. The molecule has 0 spiro atoms. The van der Waals surface area contributed by atoms with Crippen molar-refractivity contribution < 1.29 is 4.79 Å². The molecule has 2 heterocycles. The number of piperazine rings is 1. The maximum Gasteiger partial charge on any atom is 0.275 e. The summed E-state index contributed by atoms with van der Waals surface area (Å²) in [6, 6.07) is 17.6. The third kappa shape index (κ3) is 4.08. The third-order valence-corrected chi connectivity index (χ3v) is 5.73. The minimum Gasteiger partial charge on any atom is -0.368 e. The molecule has 1 fully saturated rings. The Labute approximate surface area is 176 Å². The summed E-state index contributed by atoms with van der Waals surface area (Å²) in [5.74, 6) is -0.0943. The van der Waals surface area contributed by atoms with E-state index >= 15 is 0 Å². The van der Waals surface area contributed by atoms with E-state index in [1.165, 1.54) is 10.4 Å². The fourth-order valence-corrected chi connectivity index (χ4v) is 4.01. The zero-order valence-electron chi connectivity index (χ0n) is 17.5. The van der Waals surface area contributed by atoms with E-state index in [0.717, 1.165) is 32.4 Å². The number of para-hydroxylation sites is 1. The molecule has 0 radical (unpaired) electrons. The average molecular weight is 405 g/mol. The number of anilines is 1. The molecule has 0 atom stereocenters. The van der Waals surface area contributed by atoms with Gasteiger partial charge in [-0.2, -0.15) is 5.10 Å². The van der Waals surface area contributed by atoms with Crippen LogP contribution in [0.3, 0.4) is 0 Å². The lowest BCUT2D eigenvalue weighted by Crippen LogP contribution is -2.49. The van der Waals surface area contributed by atoms with Gasteiger partial charge in [-0.15, -0.1) is 0 Å². The van der Waals surface area contributed by atoms with Crippen molar-refractivity contribution in [3.8, 4) is 0 Å². The van der Waals surface area contributed by atoms with Crippen LogP contribution in [0, 0.1) is 0 Å². The molecule has 1 aromatic heterocycles. The van der Waals surface area contributed by atoms with Crippen LogP contribution in [0.25, 0.3) is 10.8 Å². The number of hydrogen-bond acceptors (Lipinski definition) is 4. The first-order valence-electron chi connectivity index (χ1n) is 10.8. The van der Waals surface area contributed by atoms with E-state index in [0.29, 0.717) is 36.1 Å². The molecule has 0 saturated carbocycles. The lowest BCUT2D eigenvalue weighted by atomic mass is 10.1. The minimum atomic E-state index is -0.118. The summed E-state index contributed by atoms with van der Waals surface area (Å²) in [6.45, 7) is 5.51. The second kappa shape index (κ2) is 9.11. The molecule has 1 aliphatic heterocycles. The van der Waals surface area contributed by atoms with Gasteiger partial charge in [0.15, 0.2) is 5.69 Å². The van der Waals surface area contributed by atoms with E-state index in [1.54, 1.807) is 6.07 Å². The Hall–Kier alpha value is -3.15. The second-order valence-corrected chi connectivity index (χ2v) is 7.74. The van der Waals surface area contributed by atoms with Gasteiger partial charge in [-0.1, -0.05) is 56.2 Å². The van der Waals surface area contributed by atoms with Gasteiger partial charge in [0.25, 0.3) is 11.5 Å². The van der Waals surface area contributed by atoms with Crippen LogP contribution in [0.1, 0.15) is 36.7 Å². The first kappa shape index (κ1) is 20.1. The van der Waals surface area contributed by atoms with Crippen molar-refractivity contribution >= 4 is 22.4 Å². The van der Waals surface area contributed by atoms with Gasteiger partial charge < -0.3 is 9.80 Å². The van der Waals surface area contributed by atoms with Gasteiger partial charge in [-0.3, -0.25) is 9.59 Å². The Bertz CT molecular complexity index is 1070. The monoisotopic (exact) mass is 404 g/mol. The van der Waals surface area contributed by atoms with E-state index in [-0.39, 0.29) is 11.5 Å². The van der Waals surface area contributed by atoms with Crippen LogP contribution in [-0.4, -0.2) is 46.8 Å². The van der Waals surface area contributed by atoms with E-state index < -0.39 is 0 Å². The van der Waals surface area contributed by atoms with E-state index in [2.05, 4.69) is 29.1 Å². The first-order valence-corrected chi connectivity index (χ1v) is 10.8. The van der Waals surface area contributed by atoms with Crippen molar-refractivity contribution in [2.45, 2.75) is 32.7 Å². The van der Waals surface area contributed by atoms with Crippen molar-refractivity contribution in [3.63, 3.8) is 0 Å². The summed E-state index contributed by atoms with van der Waals surface area (Å²) in [5.41, 5.74) is 1.44. The van der Waals surface area contributed by atoms with Crippen LogP contribution in [-0.2, 0) is 6.54 Å². The molecule has 6 heteroatoms. The summed E-state index contributed by atoms with van der Waals surface area (Å²) in [7, 11) is 0. The summed E-state index contributed by atoms with van der Waals surface area (Å²) in [5, 5.41) is 5.73. The second-order valence-electron chi connectivity index (χ2n) is 7.74. The van der Waals surface area contributed by atoms with Crippen LogP contribution >= 0.6 is 0 Å². The van der Waals surface area contributed by atoms with Crippen LogP contribution in [0.15, 0.2) is 59.4 Å². The smallest absolute Gasteiger partial charge is 0.275 e. The number of carbonyl (C=O) groups excluding carboxylic acids is 1. The van der Waals surface area contributed by atoms with Gasteiger partial charge in [0.1, 0.15) is 0 Å². The zero-order chi connectivity index (χ0) is 20.9. The molecule has 0 aliphatic carbocycles. The van der Waals surface area contributed by atoms with Gasteiger partial charge in [0, 0.05) is 43.8 Å². The Balaban J connectivity index is 1.58. The number of amides is 1. The summed E-state index contributed by atoms with van der Waals surface area (Å²) >= 11 is 0. The molecule has 1 saturated heterocycles. The van der Waals surface area contributed by atoms with Crippen LogP contribution in [0.4, 0.5) is 5.69 Å². The van der Waals surface area contributed by atoms with Gasteiger partial charge in [0.05, 0.1) is 5.39 Å². The van der Waals surface area contributed by atoms with Gasteiger partial charge in [0.2, 0.25) is 0 Å². The number of unbranched alkanes of at least 4 members (excludes halogenated alkanes) is 2. The molecular formula is C24H28N4O2. The summed E-state index contributed by atoms with van der Waals surface area (Å²) < 4.78 is 1.48. The SMILES string of the molecule is CCCCCn1nc(C(=O)N2CCN(c3ccccc3)CC2)c2ccccc2c1=O. The first-order chi connectivity index (χ1) is 14.7. The molecule has 0 N–H and O–H groups in total. The highest BCUT2D eigenvalue weighted by molar-refractivity contribution is 6.04.